The van der Waals surface area contributed by atoms with Crippen LogP contribution < -0.4 is 5.32 Å². The highest BCUT2D eigenvalue weighted by Gasteiger charge is 2.24. The standard InChI is InChI=1S/C18H20BrNO2.C10H18O5/c1-18(2,3)22-17(21)20-16(13-7-5-4-6-8-13)14-9-11-15(19)12-10-14;1-9(2,3)14-7(11)13-8(12)15-10(4,5)6/h4-12,16H,1-3H3,(H,20,21);1-6H3. The van der Waals surface area contributed by atoms with Gasteiger partial charge in [0.15, 0.2) is 0 Å². The van der Waals surface area contributed by atoms with Crippen LogP contribution in [0.15, 0.2) is 59.1 Å². The van der Waals surface area contributed by atoms with Crippen LogP contribution >= 0.6 is 15.9 Å². The van der Waals surface area contributed by atoms with Gasteiger partial charge in [-0.2, -0.15) is 0 Å². The van der Waals surface area contributed by atoms with E-state index in [9.17, 15) is 14.4 Å². The Labute approximate surface area is 228 Å². The first-order chi connectivity index (χ1) is 16.8. The lowest BCUT2D eigenvalue weighted by Crippen LogP contribution is -2.35. The van der Waals surface area contributed by atoms with Gasteiger partial charge in [0.05, 0.1) is 6.04 Å². The van der Waals surface area contributed by atoms with Crippen molar-refractivity contribution in [2.75, 3.05) is 0 Å². The Morgan fingerprint density at radius 2 is 1.05 bits per heavy atom. The Bertz CT molecular complexity index is 992. The highest BCUT2D eigenvalue weighted by molar-refractivity contribution is 9.10. The maximum Gasteiger partial charge on any atom is 0.519 e. The fourth-order valence-corrected chi connectivity index (χ4v) is 2.96. The molecule has 0 aliphatic carbocycles. The predicted molar refractivity (Wildman–Crippen MR) is 145 cm³/mol. The van der Waals surface area contributed by atoms with E-state index in [0.717, 1.165) is 15.6 Å². The average molecular weight is 581 g/mol. The van der Waals surface area contributed by atoms with Crippen molar-refractivity contribution < 1.29 is 33.3 Å². The van der Waals surface area contributed by atoms with E-state index in [1.54, 1.807) is 41.5 Å². The predicted octanol–water partition coefficient (Wildman–Crippen LogP) is 7.94. The summed E-state index contributed by atoms with van der Waals surface area (Å²) in [6.07, 6.45) is -2.54. The number of hydrogen-bond acceptors (Lipinski definition) is 7. The number of halogens is 1. The van der Waals surface area contributed by atoms with Gasteiger partial charge in [-0.05, 0) is 85.6 Å². The molecule has 1 atom stereocenters. The molecule has 8 nitrogen and oxygen atoms in total. The van der Waals surface area contributed by atoms with E-state index in [2.05, 4.69) is 26.0 Å². The van der Waals surface area contributed by atoms with Crippen molar-refractivity contribution >= 4 is 34.3 Å². The van der Waals surface area contributed by atoms with Gasteiger partial charge in [0.25, 0.3) is 0 Å². The van der Waals surface area contributed by atoms with Crippen molar-refractivity contribution in [2.24, 2.45) is 0 Å². The molecule has 0 spiro atoms. The molecule has 2 aromatic rings. The number of carbonyl (C=O) groups is 3. The van der Waals surface area contributed by atoms with Gasteiger partial charge in [0.1, 0.15) is 16.8 Å². The van der Waals surface area contributed by atoms with Gasteiger partial charge in [0, 0.05) is 4.47 Å². The Morgan fingerprint density at radius 3 is 1.46 bits per heavy atom. The molecule has 204 valence electrons. The molecule has 0 saturated carbocycles. The van der Waals surface area contributed by atoms with Crippen LogP contribution in [-0.4, -0.2) is 35.2 Å². The molecular formula is C28H38BrNO7. The van der Waals surface area contributed by atoms with Crippen molar-refractivity contribution in [3.8, 4) is 0 Å². The Hall–Kier alpha value is -3.07. The molecule has 1 unspecified atom stereocenters. The Kier molecular flexibility index (Phi) is 11.6. The van der Waals surface area contributed by atoms with Crippen LogP contribution in [0.2, 0.25) is 0 Å². The molecule has 37 heavy (non-hydrogen) atoms. The number of ether oxygens (including phenoxy) is 4. The lowest BCUT2D eigenvalue weighted by atomic mass is 9.99. The van der Waals surface area contributed by atoms with Gasteiger partial charge in [-0.15, -0.1) is 0 Å². The van der Waals surface area contributed by atoms with E-state index in [1.165, 1.54) is 0 Å². The molecule has 0 bridgehead atoms. The molecule has 2 aromatic carbocycles. The molecule has 0 aromatic heterocycles. The summed E-state index contributed by atoms with van der Waals surface area (Å²) in [5.74, 6) is 0. The number of benzene rings is 2. The third-order valence-electron chi connectivity index (χ3n) is 3.94. The monoisotopic (exact) mass is 579 g/mol. The average Bonchev–Trinajstić information content (AvgIpc) is 2.69. The minimum atomic E-state index is -1.06. The molecular weight excluding hydrogens is 542 g/mol. The topological polar surface area (TPSA) is 100 Å². The summed E-state index contributed by atoms with van der Waals surface area (Å²) in [4.78, 5) is 34.2. The summed E-state index contributed by atoms with van der Waals surface area (Å²) in [6, 6.07) is 17.5. The van der Waals surface area contributed by atoms with E-state index in [0.29, 0.717) is 0 Å². The first kappa shape index (κ1) is 32.0. The third-order valence-corrected chi connectivity index (χ3v) is 4.47. The zero-order chi connectivity index (χ0) is 28.4. The first-order valence-electron chi connectivity index (χ1n) is 11.8. The second-order valence-corrected chi connectivity index (χ2v) is 12.0. The second-order valence-electron chi connectivity index (χ2n) is 11.1. The molecule has 0 fully saturated rings. The van der Waals surface area contributed by atoms with Crippen molar-refractivity contribution in [1.82, 2.24) is 5.32 Å². The summed E-state index contributed by atoms with van der Waals surface area (Å²) >= 11 is 3.43. The summed E-state index contributed by atoms with van der Waals surface area (Å²) in [5.41, 5.74) is 0.0967. The fourth-order valence-electron chi connectivity index (χ4n) is 2.69. The van der Waals surface area contributed by atoms with Gasteiger partial charge in [-0.3, -0.25) is 0 Å². The molecule has 0 saturated heterocycles. The molecule has 2 rings (SSSR count). The highest BCUT2D eigenvalue weighted by atomic mass is 79.9. The SMILES string of the molecule is CC(C)(C)OC(=O)NC(c1ccccc1)c1ccc(Br)cc1.CC(C)(C)OC(=O)OC(=O)OC(C)(C)C. The van der Waals surface area contributed by atoms with Gasteiger partial charge < -0.3 is 24.3 Å². The summed E-state index contributed by atoms with van der Waals surface area (Å²) in [6.45, 7) is 15.6. The minimum Gasteiger partial charge on any atom is -0.444 e. The molecule has 9 heteroatoms. The molecule has 0 radical (unpaired) electrons. The number of carbonyl (C=O) groups excluding carboxylic acids is 3. The van der Waals surface area contributed by atoms with Crippen molar-refractivity contribution in [1.29, 1.82) is 0 Å². The smallest absolute Gasteiger partial charge is 0.444 e. The van der Waals surface area contributed by atoms with Crippen molar-refractivity contribution in [3.05, 3.63) is 70.2 Å². The van der Waals surface area contributed by atoms with E-state index < -0.39 is 35.2 Å². The van der Waals surface area contributed by atoms with E-state index in [1.807, 2.05) is 75.4 Å². The van der Waals surface area contributed by atoms with Crippen LogP contribution in [-0.2, 0) is 18.9 Å². The minimum absolute atomic E-state index is 0.246. The van der Waals surface area contributed by atoms with E-state index >= 15 is 0 Å². The highest BCUT2D eigenvalue weighted by Crippen LogP contribution is 2.24. The molecule has 1 N–H and O–H groups in total. The van der Waals surface area contributed by atoms with Crippen LogP contribution in [0.4, 0.5) is 14.4 Å². The van der Waals surface area contributed by atoms with Gasteiger partial charge in [-0.25, -0.2) is 14.4 Å². The molecule has 0 aliphatic rings. The van der Waals surface area contributed by atoms with Crippen LogP contribution in [0.5, 0.6) is 0 Å². The van der Waals surface area contributed by atoms with Crippen LogP contribution in [0.3, 0.4) is 0 Å². The maximum atomic E-state index is 12.1. The summed E-state index contributed by atoms with van der Waals surface area (Å²) < 4.78 is 20.2. The Balaban J connectivity index is 0.000000401. The number of amides is 1. The third kappa shape index (κ3) is 14.9. The molecule has 0 heterocycles. The summed E-state index contributed by atoms with van der Waals surface area (Å²) in [5, 5.41) is 2.95. The zero-order valence-electron chi connectivity index (χ0n) is 23.0. The van der Waals surface area contributed by atoms with Crippen molar-refractivity contribution in [2.45, 2.75) is 85.2 Å². The maximum absolute atomic E-state index is 12.1. The Morgan fingerprint density at radius 1 is 0.649 bits per heavy atom. The van der Waals surface area contributed by atoms with Crippen molar-refractivity contribution in [3.63, 3.8) is 0 Å². The van der Waals surface area contributed by atoms with Crippen LogP contribution in [0.25, 0.3) is 0 Å². The summed E-state index contributed by atoms with van der Waals surface area (Å²) in [7, 11) is 0. The quantitative estimate of drug-likeness (QED) is 0.224. The fraction of sp³-hybridized carbons (Fsp3) is 0.464. The normalized spacial score (nSPS) is 12.3. The van der Waals surface area contributed by atoms with Crippen LogP contribution in [0.1, 0.15) is 79.5 Å². The number of hydrogen-bond donors (Lipinski definition) is 1. The van der Waals surface area contributed by atoms with Gasteiger partial charge >= 0.3 is 18.4 Å². The molecule has 1 amide bonds. The largest absolute Gasteiger partial charge is 0.519 e. The number of nitrogens with one attached hydrogen (secondary N) is 1. The lowest BCUT2D eigenvalue weighted by molar-refractivity contribution is -0.0294. The first-order valence-corrected chi connectivity index (χ1v) is 12.6. The molecule has 0 aliphatic heterocycles. The lowest BCUT2D eigenvalue weighted by Gasteiger charge is -2.24. The number of rotatable bonds is 3. The van der Waals surface area contributed by atoms with Gasteiger partial charge in [0.2, 0.25) is 0 Å². The number of alkyl carbamates (subject to hydrolysis) is 1. The van der Waals surface area contributed by atoms with E-state index in [4.69, 9.17) is 14.2 Å². The van der Waals surface area contributed by atoms with Gasteiger partial charge in [-0.1, -0.05) is 58.4 Å². The van der Waals surface area contributed by atoms with E-state index in [-0.39, 0.29) is 6.04 Å². The van der Waals surface area contributed by atoms with Crippen LogP contribution in [0, 0.1) is 0 Å². The second kappa shape index (κ2) is 13.5. The zero-order valence-corrected chi connectivity index (χ0v) is 24.6.